The molecule has 1 aliphatic carbocycles. The largest absolute Gasteiger partial charge is 0.351 e. The summed E-state index contributed by atoms with van der Waals surface area (Å²) in [7, 11) is 1.86. The van der Waals surface area contributed by atoms with Gasteiger partial charge in [0.15, 0.2) is 0 Å². The highest BCUT2D eigenvalue weighted by molar-refractivity contribution is 7.99. The van der Waals surface area contributed by atoms with Gasteiger partial charge < -0.3 is 9.42 Å². The van der Waals surface area contributed by atoms with Gasteiger partial charge in [-0.3, -0.25) is 4.79 Å². The number of carbonyl (C=O) groups excluding carboxylic acids is 1. The first-order valence-electron chi connectivity index (χ1n) is 6.44. The predicted molar refractivity (Wildman–Crippen MR) is 72.9 cm³/mol. The third-order valence-corrected chi connectivity index (χ3v) is 4.70. The van der Waals surface area contributed by atoms with Crippen molar-refractivity contribution >= 4 is 17.7 Å². The molecule has 0 bridgehead atoms. The summed E-state index contributed by atoms with van der Waals surface area (Å²) in [5, 5.41) is 4.47. The highest BCUT2D eigenvalue weighted by Gasteiger charge is 2.31. The van der Waals surface area contributed by atoms with Crippen molar-refractivity contribution in [3.8, 4) is 0 Å². The second-order valence-electron chi connectivity index (χ2n) is 4.79. The summed E-state index contributed by atoms with van der Waals surface area (Å²) in [6.45, 7) is 4.01. The average Bonchev–Trinajstić information content (AvgIpc) is 2.97. The average molecular weight is 268 g/mol. The normalized spacial score (nSPS) is 23.3. The number of carbonyl (C=O) groups is 1. The topological polar surface area (TPSA) is 46.3 Å². The van der Waals surface area contributed by atoms with E-state index in [9.17, 15) is 4.79 Å². The van der Waals surface area contributed by atoms with E-state index < -0.39 is 0 Å². The Morgan fingerprint density at radius 2 is 2.39 bits per heavy atom. The Morgan fingerprint density at radius 1 is 1.61 bits per heavy atom. The Hall–Kier alpha value is -0.970. The van der Waals surface area contributed by atoms with E-state index in [1.54, 1.807) is 6.07 Å². The molecule has 2 rings (SSSR count). The third kappa shape index (κ3) is 2.88. The molecule has 18 heavy (non-hydrogen) atoms. The minimum Gasteiger partial charge on any atom is -0.351 e. The summed E-state index contributed by atoms with van der Waals surface area (Å²) in [4.78, 5) is 14.0. The summed E-state index contributed by atoms with van der Waals surface area (Å²) >= 11 is 2.00. The van der Waals surface area contributed by atoms with E-state index in [1.807, 2.05) is 30.6 Å². The van der Waals surface area contributed by atoms with Gasteiger partial charge in [-0.2, -0.15) is 11.8 Å². The third-order valence-electron chi connectivity index (χ3n) is 3.47. The first-order chi connectivity index (χ1) is 8.61. The van der Waals surface area contributed by atoms with Crippen molar-refractivity contribution in [2.24, 2.45) is 0 Å². The number of amides is 1. The molecular weight excluding hydrogens is 248 g/mol. The molecule has 0 N–H and O–H groups in total. The molecule has 0 unspecified atom stereocenters. The van der Waals surface area contributed by atoms with Crippen LogP contribution in [0.3, 0.4) is 0 Å². The smallest absolute Gasteiger partial charge is 0.292 e. The van der Waals surface area contributed by atoms with Crippen molar-refractivity contribution < 1.29 is 9.32 Å². The van der Waals surface area contributed by atoms with Gasteiger partial charge in [-0.1, -0.05) is 12.1 Å². The molecule has 0 aliphatic heterocycles. The molecule has 1 aromatic rings. The van der Waals surface area contributed by atoms with Crippen LogP contribution in [0.15, 0.2) is 10.6 Å². The molecule has 0 aromatic carbocycles. The number of thioether (sulfide) groups is 1. The van der Waals surface area contributed by atoms with Crippen molar-refractivity contribution in [2.45, 2.75) is 44.4 Å². The van der Waals surface area contributed by atoms with Crippen LogP contribution in [0.2, 0.25) is 0 Å². The quantitative estimate of drug-likeness (QED) is 0.842. The van der Waals surface area contributed by atoms with E-state index in [0.717, 1.165) is 24.3 Å². The van der Waals surface area contributed by atoms with Crippen LogP contribution in [-0.4, -0.2) is 40.1 Å². The fraction of sp³-hybridized carbons (Fsp3) is 0.692. The minimum absolute atomic E-state index is 0.0530. The lowest BCUT2D eigenvalue weighted by Gasteiger charge is -2.23. The van der Waals surface area contributed by atoms with E-state index in [0.29, 0.717) is 17.1 Å². The van der Waals surface area contributed by atoms with Gasteiger partial charge in [0.1, 0.15) is 0 Å². The van der Waals surface area contributed by atoms with Gasteiger partial charge in [0, 0.05) is 24.4 Å². The molecule has 1 fully saturated rings. The zero-order chi connectivity index (χ0) is 13.1. The van der Waals surface area contributed by atoms with E-state index >= 15 is 0 Å². The molecule has 1 aliphatic rings. The van der Waals surface area contributed by atoms with Gasteiger partial charge in [0.2, 0.25) is 5.76 Å². The van der Waals surface area contributed by atoms with Crippen LogP contribution in [0.25, 0.3) is 0 Å². The monoisotopic (exact) mass is 268 g/mol. The first kappa shape index (κ1) is 13.5. The second-order valence-corrected chi connectivity index (χ2v) is 6.37. The van der Waals surface area contributed by atoms with Crippen LogP contribution < -0.4 is 0 Å². The first-order valence-corrected chi connectivity index (χ1v) is 7.48. The van der Waals surface area contributed by atoms with Crippen LogP contribution in [0.1, 0.15) is 42.4 Å². The summed E-state index contributed by atoms with van der Waals surface area (Å²) in [6.07, 6.45) is 3.39. The summed E-state index contributed by atoms with van der Waals surface area (Å²) < 4.78 is 5.03. The zero-order valence-corrected chi connectivity index (χ0v) is 12.0. The minimum atomic E-state index is -0.0530. The van der Waals surface area contributed by atoms with Crippen molar-refractivity contribution in [3.63, 3.8) is 0 Å². The van der Waals surface area contributed by atoms with Crippen LogP contribution in [-0.2, 0) is 0 Å². The van der Waals surface area contributed by atoms with Gasteiger partial charge in [0.05, 0.1) is 5.69 Å². The van der Waals surface area contributed by atoms with Gasteiger partial charge in [0.25, 0.3) is 5.91 Å². The molecule has 0 radical (unpaired) electrons. The number of rotatable bonds is 4. The molecule has 0 saturated heterocycles. The standard InChI is InChI=1S/C13H20N2O2S/c1-4-18-11-6-5-10(8-11)15(3)13(16)12-7-9(2)14-17-12/h7,10-11H,4-6,8H2,1-3H3/t10-,11+/m1/s1. The Bertz CT molecular complexity index is 419. The molecule has 1 saturated carbocycles. The molecule has 2 atom stereocenters. The Morgan fingerprint density at radius 3 is 3.00 bits per heavy atom. The van der Waals surface area contributed by atoms with E-state index in [2.05, 4.69) is 12.1 Å². The zero-order valence-electron chi connectivity index (χ0n) is 11.2. The number of aromatic nitrogens is 1. The Balaban J connectivity index is 1.95. The van der Waals surface area contributed by atoms with Crippen molar-refractivity contribution in [3.05, 3.63) is 17.5 Å². The molecule has 1 heterocycles. The van der Waals surface area contributed by atoms with Crippen LogP contribution in [0, 0.1) is 6.92 Å². The molecular formula is C13H20N2O2S. The molecule has 1 amide bonds. The van der Waals surface area contributed by atoms with Gasteiger partial charge in [-0.05, 0) is 31.9 Å². The van der Waals surface area contributed by atoms with Gasteiger partial charge >= 0.3 is 0 Å². The maximum Gasteiger partial charge on any atom is 0.292 e. The molecule has 5 heteroatoms. The van der Waals surface area contributed by atoms with Crippen LogP contribution in [0.4, 0.5) is 0 Å². The number of nitrogens with zero attached hydrogens (tertiary/aromatic N) is 2. The number of aryl methyl sites for hydroxylation is 1. The van der Waals surface area contributed by atoms with E-state index in [4.69, 9.17) is 4.52 Å². The van der Waals surface area contributed by atoms with E-state index in [1.165, 1.54) is 6.42 Å². The maximum absolute atomic E-state index is 12.2. The summed E-state index contributed by atoms with van der Waals surface area (Å²) in [6, 6.07) is 2.04. The molecule has 0 spiro atoms. The number of hydrogen-bond acceptors (Lipinski definition) is 4. The summed E-state index contributed by atoms with van der Waals surface area (Å²) in [5.74, 6) is 1.44. The summed E-state index contributed by atoms with van der Waals surface area (Å²) in [5.41, 5.74) is 0.748. The number of hydrogen-bond donors (Lipinski definition) is 0. The molecule has 100 valence electrons. The lowest BCUT2D eigenvalue weighted by Crippen LogP contribution is -2.35. The highest BCUT2D eigenvalue weighted by atomic mass is 32.2. The highest BCUT2D eigenvalue weighted by Crippen LogP contribution is 2.32. The van der Waals surface area contributed by atoms with Crippen LogP contribution in [0.5, 0.6) is 0 Å². The SMILES string of the molecule is CCS[C@H]1CC[C@@H](N(C)C(=O)c2cc(C)no2)C1. The fourth-order valence-corrected chi connectivity index (χ4v) is 3.59. The molecule has 1 aromatic heterocycles. The van der Waals surface area contributed by atoms with Gasteiger partial charge in [-0.15, -0.1) is 0 Å². The second kappa shape index (κ2) is 5.78. The lowest BCUT2D eigenvalue weighted by molar-refractivity contribution is 0.0693. The predicted octanol–water partition coefficient (Wildman–Crippen LogP) is 2.73. The van der Waals surface area contributed by atoms with Gasteiger partial charge in [-0.25, -0.2) is 0 Å². The van der Waals surface area contributed by atoms with Crippen molar-refractivity contribution in [1.29, 1.82) is 0 Å². The lowest BCUT2D eigenvalue weighted by atomic mass is 10.2. The Kier molecular flexibility index (Phi) is 4.32. The molecule has 4 nitrogen and oxygen atoms in total. The fourth-order valence-electron chi connectivity index (χ4n) is 2.46. The van der Waals surface area contributed by atoms with Crippen molar-refractivity contribution in [2.75, 3.05) is 12.8 Å². The van der Waals surface area contributed by atoms with E-state index in [-0.39, 0.29) is 5.91 Å². The van der Waals surface area contributed by atoms with Crippen LogP contribution >= 0.6 is 11.8 Å². The maximum atomic E-state index is 12.2. The Labute approximate surface area is 112 Å². The van der Waals surface area contributed by atoms with Crippen molar-refractivity contribution in [1.82, 2.24) is 10.1 Å².